The number of hydrogen-bond donors (Lipinski definition) is 1. The second kappa shape index (κ2) is 9.14. The molecule has 1 N–H and O–H groups in total. The molecule has 0 saturated carbocycles. The molecule has 0 spiro atoms. The number of benzene rings is 2. The van der Waals surface area contributed by atoms with Crippen LogP contribution in [-0.4, -0.2) is 44.8 Å². The van der Waals surface area contributed by atoms with Gasteiger partial charge in [0.25, 0.3) is 0 Å². The van der Waals surface area contributed by atoms with Gasteiger partial charge in [-0.3, -0.25) is 14.6 Å². The number of nitrogens with one attached hydrogen (secondary N) is 1. The molecule has 2 aromatic heterocycles. The summed E-state index contributed by atoms with van der Waals surface area (Å²) in [4.78, 5) is 11.7. The number of anilines is 2. The number of fused-ring (bicyclic) bond motifs is 1. The summed E-state index contributed by atoms with van der Waals surface area (Å²) in [5, 5.41) is 7.73. The summed E-state index contributed by atoms with van der Waals surface area (Å²) in [6, 6.07) is 12.3. The molecule has 0 radical (unpaired) electrons. The smallest absolute Gasteiger partial charge is 0.121 e. The zero-order chi connectivity index (χ0) is 21.8. The molecule has 2 heterocycles. The normalized spacial score (nSPS) is 11.3. The van der Waals surface area contributed by atoms with E-state index >= 15 is 0 Å². The van der Waals surface area contributed by atoms with E-state index in [1.54, 1.807) is 24.2 Å². The van der Waals surface area contributed by atoms with Crippen LogP contribution in [0.2, 0.25) is 0 Å². The maximum atomic E-state index is 5.53. The van der Waals surface area contributed by atoms with Gasteiger partial charge < -0.3 is 10.1 Å². The van der Waals surface area contributed by atoms with Crippen LogP contribution in [0.4, 0.5) is 11.4 Å². The Morgan fingerprint density at radius 2 is 1.84 bits per heavy atom. The van der Waals surface area contributed by atoms with Crippen LogP contribution in [0.5, 0.6) is 5.75 Å². The topological polar surface area (TPSA) is 68.1 Å². The molecule has 0 aliphatic heterocycles. The van der Waals surface area contributed by atoms with E-state index in [2.05, 4.69) is 46.3 Å². The van der Waals surface area contributed by atoms with E-state index in [-0.39, 0.29) is 0 Å². The van der Waals surface area contributed by atoms with Crippen LogP contribution in [-0.2, 0) is 13.6 Å². The summed E-state index contributed by atoms with van der Waals surface area (Å²) >= 11 is 0. The van der Waals surface area contributed by atoms with E-state index in [0.717, 1.165) is 59.0 Å². The largest absolute Gasteiger partial charge is 0.497 e. The van der Waals surface area contributed by atoms with Gasteiger partial charge in [-0.1, -0.05) is 13.8 Å². The molecule has 4 aromatic rings. The van der Waals surface area contributed by atoms with E-state index < -0.39 is 0 Å². The zero-order valence-electron chi connectivity index (χ0n) is 18.5. The lowest BCUT2D eigenvalue weighted by atomic mass is 10.1. The highest BCUT2D eigenvalue weighted by Gasteiger charge is 2.08. The Bertz CT molecular complexity index is 1180. The molecule has 0 bridgehead atoms. The van der Waals surface area contributed by atoms with Crippen LogP contribution in [0.3, 0.4) is 0 Å². The fourth-order valence-corrected chi connectivity index (χ4v) is 3.60. The molecular weight excluding hydrogens is 388 g/mol. The fraction of sp³-hybridized carbons (Fsp3) is 0.292. The minimum absolute atomic E-state index is 0.806. The molecule has 0 atom stereocenters. The first-order valence-electron chi connectivity index (χ1n) is 10.5. The number of aryl methyl sites for hydroxylation is 1. The molecule has 0 aliphatic rings. The molecule has 0 fully saturated rings. The van der Waals surface area contributed by atoms with Gasteiger partial charge in [-0.05, 0) is 49.0 Å². The summed E-state index contributed by atoms with van der Waals surface area (Å²) < 4.78 is 7.29. The quantitative estimate of drug-likeness (QED) is 0.452. The number of hydrogen-bond acceptors (Lipinski definition) is 6. The van der Waals surface area contributed by atoms with Crippen molar-refractivity contribution in [1.82, 2.24) is 24.6 Å². The summed E-state index contributed by atoms with van der Waals surface area (Å²) in [5.74, 6) is 0.839. The first-order valence-corrected chi connectivity index (χ1v) is 10.5. The minimum Gasteiger partial charge on any atom is -0.497 e. The first-order chi connectivity index (χ1) is 15.1. The minimum atomic E-state index is 0.806. The van der Waals surface area contributed by atoms with Crippen molar-refractivity contribution in [2.75, 3.05) is 25.5 Å². The number of rotatable bonds is 8. The maximum Gasteiger partial charge on any atom is 0.121 e. The van der Waals surface area contributed by atoms with E-state index in [1.165, 1.54) is 5.56 Å². The van der Waals surface area contributed by atoms with Crippen LogP contribution >= 0.6 is 0 Å². The molecule has 2 aromatic carbocycles. The van der Waals surface area contributed by atoms with Crippen molar-refractivity contribution in [1.29, 1.82) is 0 Å². The van der Waals surface area contributed by atoms with Gasteiger partial charge in [0, 0.05) is 42.8 Å². The van der Waals surface area contributed by atoms with Gasteiger partial charge in [0.15, 0.2) is 0 Å². The molecule has 160 valence electrons. The van der Waals surface area contributed by atoms with Gasteiger partial charge in [-0.2, -0.15) is 5.10 Å². The average Bonchev–Trinajstić information content (AvgIpc) is 3.23. The van der Waals surface area contributed by atoms with E-state index in [1.807, 2.05) is 37.5 Å². The molecule has 31 heavy (non-hydrogen) atoms. The van der Waals surface area contributed by atoms with Gasteiger partial charge in [-0.25, -0.2) is 4.98 Å². The van der Waals surface area contributed by atoms with Crippen molar-refractivity contribution in [2.24, 2.45) is 7.05 Å². The Hall–Kier alpha value is -3.45. The highest BCUT2D eigenvalue weighted by Crippen LogP contribution is 2.27. The Balaban J connectivity index is 1.63. The Kier molecular flexibility index (Phi) is 6.13. The molecule has 7 nitrogen and oxygen atoms in total. The van der Waals surface area contributed by atoms with Crippen LogP contribution in [0.25, 0.3) is 22.3 Å². The molecule has 7 heteroatoms. The van der Waals surface area contributed by atoms with Gasteiger partial charge in [0.2, 0.25) is 0 Å². The number of methoxy groups -OCH3 is 1. The molecule has 0 aliphatic carbocycles. The van der Waals surface area contributed by atoms with Crippen LogP contribution < -0.4 is 10.1 Å². The zero-order valence-corrected chi connectivity index (χ0v) is 18.5. The maximum absolute atomic E-state index is 5.53. The predicted molar refractivity (Wildman–Crippen MR) is 125 cm³/mol. The molecule has 4 rings (SSSR count). The Labute approximate surface area is 182 Å². The third-order valence-corrected chi connectivity index (χ3v) is 5.33. The second-order valence-electron chi connectivity index (χ2n) is 7.52. The van der Waals surface area contributed by atoms with Crippen molar-refractivity contribution in [3.8, 4) is 17.0 Å². The first kappa shape index (κ1) is 20.8. The van der Waals surface area contributed by atoms with Crippen molar-refractivity contribution >= 4 is 22.4 Å². The number of nitrogens with zero attached hydrogens (tertiary/aromatic N) is 5. The third kappa shape index (κ3) is 4.83. The Morgan fingerprint density at radius 3 is 2.55 bits per heavy atom. The van der Waals surface area contributed by atoms with Gasteiger partial charge in [-0.15, -0.1) is 0 Å². The van der Waals surface area contributed by atoms with Crippen molar-refractivity contribution in [3.05, 3.63) is 60.6 Å². The summed E-state index contributed by atoms with van der Waals surface area (Å²) in [6.45, 7) is 7.27. The molecule has 0 amide bonds. The predicted octanol–water partition coefficient (Wildman–Crippen LogP) is 4.62. The van der Waals surface area contributed by atoms with Crippen LogP contribution in [0, 0.1) is 0 Å². The van der Waals surface area contributed by atoms with Crippen molar-refractivity contribution in [2.45, 2.75) is 20.4 Å². The average molecular weight is 417 g/mol. The second-order valence-corrected chi connectivity index (χ2v) is 7.52. The number of aromatic nitrogens is 4. The van der Waals surface area contributed by atoms with Crippen molar-refractivity contribution in [3.63, 3.8) is 0 Å². The highest BCUT2D eigenvalue weighted by molar-refractivity contribution is 5.82. The lowest BCUT2D eigenvalue weighted by Gasteiger charge is -2.19. The van der Waals surface area contributed by atoms with E-state index in [9.17, 15) is 0 Å². The SMILES string of the molecule is CCN(CC)Cc1cc(Nc2ccc3ncc(-c4cnn(C)c4)nc3c2)cc(OC)c1. The van der Waals surface area contributed by atoms with Crippen LogP contribution in [0.1, 0.15) is 19.4 Å². The summed E-state index contributed by atoms with van der Waals surface area (Å²) in [6.07, 6.45) is 5.52. The monoisotopic (exact) mass is 416 g/mol. The summed E-state index contributed by atoms with van der Waals surface area (Å²) in [5.41, 5.74) is 6.59. The van der Waals surface area contributed by atoms with Crippen LogP contribution in [0.15, 0.2) is 55.0 Å². The lowest BCUT2D eigenvalue weighted by Crippen LogP contribution is -2.22. The van der Waals surface area contributed by atoms with Gasteiger partial charge >= 0.3 is 0 Å². The highest BCUT2D eigenvalue weighted by atomic mass is 16.5. The van der Waals surface area contributed by atoms with Crippen molar-refractivity contribution < 1.29 is 4.74 Å². The van der Waals surface area contributed by atoms with Gasteiger partial charge in [0.1, 0.15) is 5.75 Å². The molecule has 0 unspecified atom stereocenters. The van der Waals surface area contributed by atoms with E-state index in [4.69, 9.17) is 9.72 Å². The molecular formula is C24H28N6O. The standard InChI is InChI=1S/C24H28N6O/c1-5-30(6-2)15-17-9-20(11-21(10-17)31-4)27-19-7-8-22-23(12-19)28-24(14-25-22)18-13-26-29(3)16-18/h7-14,16,27H,5-6,15H2,1-4H3. The summed E-state index contributed by atoms with van der Waals surface area (Å²) in [7, 11) is 3.59. The van der Waals surface area contributed by atoms with Gasteiger partial charge in [0.05, 0.1) is 36.2 Å². The third-order valence-electron chi connectivity index (χ3n) is 5.33. The fourth-order valence-electron chi connectivity index (χ4n) is 3.60. The van der Waals surface area contributed by atoms with E-state index in [0.29, 0.717) is 0 Å². The number of ether oxygens (including phenoxy) is 1. The molecule has 0 saturated heterocycles. The Morgan fingerprint density at radius 1 is 1.00 bits per heavy atom. The lowest BCUT2D eigenvalue weighted by molar-refractivity contribution is 0.295.